The Kier molecular flexibility index (Phi) is 4.46. The molecule has 0 aromatic carbocycles. The van der Waals surface area contributed by atoms with Gasteiger partial charge in [-0.3, -0.25) is 0 Å². The van der Waals surface area contributed by atoms with Crippen molar-refractivity contribution >= 4 is 33.0 Å². The monoisotopic (exact) mass is 209 g/mol. The first kappa shape index (κ1) is 11.8. The maximum absolute atomic E-state index is 9.21. The summed E-state index contributed by atoms with van der Waals surface area (Å²) in [5, 5.41) is 0. The lowest BCUT2D eigenvalue weighted by Crippen LogP contribution is -2.38. The van der Waals surface area contributed by atoms with Crippen molar-refractivity contribution in [3.05, 3.63) is 0 Å². The Morgan fingerprint density at radius 3 is 1.36 bits per heavy atom. The van der Waals surface area contributed by atoms with E-state index in [4.69, 9.17) is 6.96 Å². The van der Waals surface area contributed by atoms with Crippen LogP contribution in [0.3, 0.4) is 0 Å². The first-order valence-electron chi connectivity index (χ1n) is 3.33. The summed E-state index contributed by atoms with van der Waals surface area (Å²) in [6.45, 7) is 6.65. The highest BCUT2D eigenvalue weighted by molar-refractivity contribution is 6.71. The summed E-state index contributed by atoms with van der Waals surface area (Å²) in [7, 11) is -4.87. The van der Waals surface area contributed by atoms with E-state index in [1.807, 2.05) is 0 Å². The highest BCUT2D eigenvalue weighted by atomic mass is 28.4. The zero-order chi connectivity index (χ0) is 9.12. The molecule has 0 aliphatic heterocycles. The largest absolute Gasteiger partial charge is 0.647 e. The molecule has 0 fully saturated rings. The molecule has 0 atom stereocenters. The van der Waals surface area contributed by atoms with Crippen molar-refractivity contribution in [2.75, 3.05) is 0 Å². The zero-order valence-electron chi connectivity index (χ0n) is 7.29. The summed E-state index contributed by atoms with van der Waals surface area (Å²) in [6, 6.07) is 0. The molecule has 7 heteroatoms. The molecule has 0 rings (SSSR count). The Morgan fingerprint density at radius 1 is 0.909 bits per heavy atom. The molecule has 4 nitrogen and oxygen atoms in total. The van der Waals surface area contributed by atoms with Gasteiger partial charge in [0.15, 0.2) is 0 Å². The fourth-order valence-corrected chi connectivity index (χ4v) is 2.77. The van der Waals surface area contributed by atoms with Gasteiger partial charge in [-0.1, -0.05) is 0 Å². The standard InChI is InChI=1S/2C2H7O2Si.Al/c2*1-5(2,3)4;/h2*3H,1-2H3;/q2*-1;+2. The van der Waals surface area contributed by atoms with Crippen molar-refractivity contribution in [1.82, 2.24) is 0 Å². The molecule has 0 heterocycles. The van der Waals surface area contributed by atoms with Crippen LogP contribution >= 0.6 is 0 Å². The second-order valence-electron chi connectivity index (χ2n) is 3.23. The van der Waals surface area contributed by atoms with E-state index in [-0.39, 0.29) is 0 Å². The normalized spacial score (nSPS) is 13.3. The number of hydrogen-bond donors (Lipinski definition) is 2. The van der Waals surface area contributed by atoms with Gasteiger partial charge in [-0.25, -0.2) is 0 Å². The van der Waals surface area contributed by atoms with Crippen LogP contribution in [-0.4, -0.2) is 42.6 Å². The summed E-state index contributed by atoms with van der Waals surface area (Å²) in [6.07, 6.45) is 0. The molecule has 2 N–H and O–H groups in total. The molecule has 0 saturated heterocycles. The van der Waals surface area contributed by atoms with Gasteiger partial charge in [-0.05, 0) is 26.2 Å². The fraction of sp³-hybridized carbons (Fsp3) is 1.00. The van der Waals surface area contributed by atoms with Crippen LogP contribution in [0.15, 0.2) is 0 Å². The number of hydrogen-bond acceptors (Lipinski definition) is 4. The Labute approximate surface area is 76.0 Å². The van der Waals surface area contributed by atoms with Crippen LogP contribution in [0.2, 0.25) is 26.2 Å². The average Bonchev–Trinajstić information content (AvgIpc) is 1.55. The molecule has 65 valence electrons. The Balaban J connectivity index is 3.44. The van der Waals surface area contributed by atoms with Gasteiger partial charge in [0, 0.05) is 0 Å². The molecule has 0 aromatic heterocycles. The Morgan fingerprint density at radius 2 is 1.18 bits per heavy atom. The van der Waals surface area contributed by atoms with Crippen LogP contribution in [0.4, 0.5) is 0 Å². The predicted molar refractivity (Wildman–Crippen MR) is 47.3 cm³/mol. The highest BCUT2D eigenvalue weighted by Gasteiger charge is 2.24. The third kappa shape index (κ3) is 10.8. The molecule has 1 radical (unpaired) electrons. The van der Waals surface area contributed by atoms with E-state index in [1.165, 1.54) is 0 Å². The molecular formula is C4H14AlO4Si2. The Bertz CT molecular complexity index is 104. The van der Waals surface area contributed by atoms with E-state index in [0.29, 0.717) is 0 Å². The van der Waals surface area contributed by atoms with Gasteiger partial charge in [0.1, 0.15) is 0 Å². The lowest BCUT2D eigenvalue weighted by atomic mass is 11.9. The first-order chi connectivity index (χ1) is 4.71. The molecule has 0 unspecified atom stereocenters. The SMILES string of the molecule is C[Si](C)(O)[O][Al][O][Si](C)(C)O. The summed E-state index contributed by atoms with van der Waals surface area (Å²) >= 11 is -0.708. The molecule has 11 heavy (non-hydrogen) atoms. The van der Waals surface area contributed by atoms with Crippen LogP contribution in [0.25, 0.3) is 0 Å². The van der Waals surface area contributed by atoms with Crippen LogP contribution in [-0.2, 0) is 6.96 Å². The maximum Gasteiger partial charge on any atom is 0.647 e. The minimum absolute atomic E-state index is 0.708. The summed E-state index contributed by atoms with van der Waals surface area (Å²) in [5.41, 5.74) is 0. The second-order valence-corrected chi connectivity index (χ2v) is 11.1. The van der Waals surface area contributed by atoms with E-state index >= 15 is 0 Å². The van der Waals surface area contributed by atoms with Crippen molar-refractivity contribution in [3.8, 4) is 0 Å². The summed E-state index contributed by atoms with van der Waals surface area (Å²) in [4.78, 5) is 18.4. The molecule has 0 spiro atoms. The molecule has 0 aromatic rings. The van der Waals surface area contributed by atoms with E-state index in [0.717, 1.165) is 0 Å². The van der Waals surface area contributed by atoms with Crippen LogP contribution in [0.1, 0.15) is 0 Å². The van der Waals surface area contributed by atoms with Gasteiger partial charge in [-0.2, -0.15) is 0 Å². The molecule has 0 aliphatic rings. The smallest absolute Gasteiger partial charge is 0.509 e. The van der Waals surface area contributed by atoms with Crippen LogP contribution < -0.4 is 0 Å². The van der Waals surface area contributed by atoms with Gasteiger partial charge in [0.25, 0.3) is 0 Å². The molecular weight excluding hydrogens is 195 g/mol. The van der Waals surface area contributed by atoms with E-state index in [2.05, 4.69) is 0 Å². The van der Waals surface area contributed by atoms with Crippen LogP contribution in [0.5, 0.6) is 0 Å². The lowest BCUT2D eigenvalue weighted by Gasteiger charge is -2.19. The summed E-state index contributed by atoms with van der Waals surface area (Å²) in [5.74, 6) is 0. The average molecular weight is 209 g/mol. The first-order valence-corrected chi connectivity index (χ1v) is 9.98. The molecule has 0 amide bonds. The van der Waals surface area contributed by atoms with Gasteiger partial charge in [0.2, 0.25) is 0 Å². The Hall–Kier alpha value is 0.806. The van der Waals surface area contributed by atoms with Crippen molar-refractivity contribution in [2.45, 2.75) is 26.2 Å². The van der Waals surface area contributed by atoms with Crippen LogP contribution in [0, 0.1) is 0 Å². The number of rotatable bonds is 4. The quantitative estimate of drug-likeness (QED) is 0.637. The maximum atomic E-state index is 9.21. The van der Waals surface area contributed by atoms with Crippen molar-refractivity contribution < 1.29 is 16.5 Å². The zero-order valence-corrected chi connectivity index (χ0v) is 10.4. The van der Waals surface area contributed by atoms with Gasteiger partial charge in [-0.15, -0.1) is 0 Å². The van der Waals surface area contributed by atoms with E-state index in [1.54, 1.807) is 26.2 Å². The van der Waals surface area contributed by atoms with Gasteiger partial charge < -0.3 is 16.5 Å². The van der Waals surface area contributed by atoms with Crippen molar-refractivity contribution in [1.29, 1.82) is 0 Å². The topological polar surface area (TPSA) is 58.9 Å². The van der Waals surface area contributed by atoms with E-state index in [9.17, 15) is 9.59 Å². The minimum atomic E-state index is -2.43. The predicted octanol–water partition coefficient (Wildman–Crippen LogP) is -0.0580. The minimum Gasteiger partial charge on any atom is -0.509 e. The third-order valence-electron chi connectivity index (χ3n) is 0.673. The molecule has 0 saturated carbocycles. The fourth-order valence-electron chi connectivity index (χ4n) is 0.260. The second kappa shape index (κ2) is 4.16. The lowest BCUT2D eigenvalue weighted by molar-refractivity contribution is 0.330. The molecule has 0 aliphatic carbocycles. The highest BCUT2D eigenvalue weighted by Crippen LogP contribution is 2.00. The van der Waals surface area contributed by atoms with E-state index < -0.39 is 33.0 Å². The molecule has 0 bridgehead atoms. The van der Waals surface area contributed by atoms with Gasteiger partial charge >= 0.3 is 33.0 Å². The van der Waals surface area contributed by atoms with Crippen molar-refractivity contribution in [3.63, 3.8) is 0 Å². The van der Waals surface area contributed by atoms with Gasteiger partial charge in [0.05, 0.1) is 0 Å². The van der Waals surface area contributed by atoms with Crippen molar-refractivity contribution in [2.24, 2.45) is 0 Å². The summed E-state index contributed by atoms with van der Waals surface area (Å²) < 4.78 is 10.1. The third-order valence-corrected chi connectivity index (χ3v) is 6.06.